The van der Waals surface area contributed by atoms with Crippen LogP contribution < -0.4 is 19.6 Å². The van der Waals surface area contributed by atoms with Crippen LogP contribution in [-0.4, -0.2) is 38.4 Å². The molecular formula is C28H30N2O6. The molecule has 0 bridgehead atoms. The summed E-state index contributed by atoms with van der Waals surface area (Å²) in [6.07, 6.45) is 1.53. The predicted molar refractivity (Wildman–Crippen MR) is 137 cm³/mol. The van der Waals surface area contributed by atoms with Crippen molar-refractivity contribution in [3.8, 4) is 17.2 Å². The third kappa shape index (κ3) is 8.47. The van der Waals surface area contributed by atoms with Crippen LogP contribution in [-0.2, 0) is 16.1 Å². The van der Waals surface area contributed by atoms with Gasteiger partial charge in [0.1, 0.15) is 23.9 Å². The fourth-order valence-corrected chi connectivity index (χ4v) is 3.04. The number of para-hydroxylation sites is 1. The maximum atomic E-state index is 12.1. The molecule has 8 heteroatoms. The third-order valence-corrected chi connectivity index (χ3v) is 4.85. The third-order valence-electron chi connectivity index (χ3n) is 4.85. The molecule has 8 nitrogen and oxygen atoms in total. The normalized spacial score (nSPS) is 10.8. The zero-order valence-corrected chi connectivity index (χ0v) is 20.6. The monoisotopic (exact) mass is 490 g/mol. The van der Waals surface area contributed by atoms with E-state index >= 15 is 0 Å². The summed E-state index contributed by atoms with van der Waals surface area (Å²) in [5.41, 5.74) is 4.45. The van der Waals surface area contributed by atoms with E-state index in [0.717, 1.165) is 11.1 Å². The lowest BCUT2D eigenvalue weighted by Gasteiger charge is -2.12. The van der Waals surface area contributed by atoms with Crippen LogP contribution >= 0.6 is 0 Å². The number of carbonyl (C=O) groups excluding carboxylic acids is 2. The number of hydrogen-bond donors (Lipinski definition) is 1. The molecule has 3 aromatic carbocycles. The topological polar surface area (TPSA) is 95.5 Å². The molecule has 1 amide bonds. The molecule has 1 N–H and O–H groups in total. The Balaban J connectivity index is 1.53. The summed E-state index contributed by atoms with van der Waals surface area (Å²) in [5.74, 6) is 1.41. The van der Waals surface area contributed by atoms with E-state index in [4.69, 9.17) is 18.9 Å². The lowest BCUT2D eigenvalue weighted by Crippen LogP contribution is -2.24. The Morgan fingerprint density at radius 1 is 0.944 bits per heavy atom. The van der Waals surface area contributed by atoms with Gasteiger partial charge in [0.25, 0.3) is 5.91 Å². The van der Waals surface area contributed by atoms with Crippen LogP contribution in [0.4, 0.5) is 0 Å². The largest absolute Gasteiger partial charge is 0.496 e. The van der Waals surface area contributed by atoms with Crippen molar-refractivity contribution >= 4 is 18.1 Å². The molecule has 0 fully saturated rings. The van der Waals surface area contributed by atoms with Crippen molar-refractivity contribution in [3.05, 3.63) is 89.5 Å². The van der Waals surface area contributed by atoms with Crippen molar-refractivity contribution < 1.29 is 28.5 Å². The predicted octanol–water partition coefficient (Wildman–Crippen LogP) is 4.62. The molecular weight excluding hydrogens is 460 g/mol. The van der Waals surface area contributed by atoms with Gasteiger partial charge in [0, 0.05) is 5.56 Å². The number of benzene rings is 3. The first kappa shape index (κ1) is 26.3. The molecule has 0 saturated heterocycles. The number of nitrogens with zero attached hydrogens (tertiary/aromatic N) is 1. The van der Waals surface area contributed by atoms with Crippen LogP contribution in [0.3, 0.4) is 0 Å². The summed E-state index contributed by atoms with van der Waals surface area (Å²) in [5, 5.41) is 3.99. The Bertz CT molecular complexity index is 1160. The molecule has 36 heavy (non-hydrogen) atoms. The SMILES string of the molecule is COc1ccc(C=NNC(=O)COc2ccccc2)cc1COc1ccc(C(=O)OCC(C)C)cc1. The van der Waals surface area contributed by atoms with Gasteiger partial charge in [-0.3, -0.25) is 4.79 Å². The lowest BCUT2D eigenvalue weighted by molar-refractivity contribution is -0.123. The Morgan fingerprint density at radius 3 is 2.36 bits per heavy atom. The van der Waals surface area contributed by atoms with E-state index in [0.29, 0.717) is 29.4 Å². The van der Waals surface area contributed by atoms with Gasteiger partial charge < -0.3 is 18.9 Å². The van der Waals surface area contributed by atoms with E-state index in [9.17, 15) is 9.59 Å². The molecule has 0 unspecified atom stereocenters. The number of hydrogen-bond acceptors (Lipinski definition) is 7. The number of nitrogens with one attached hydrogen (secondary N) is 1. The highest BCUT2D eigenvalue weighted by Gasteiger charge is 2.10. The van der Waals surface area contributed by atoms with Gasteiger partial charge >= 0.3 is 5.97 Å². The highest BCUT2D eigenvalue weighted by Crippen LogP contribution is 2.22. The molecule has 188 valence electrons. The van der Waals surface area contributed by atoms with Crippen molar-refractivity contribution in [2.45, 2.75) is 20.5 Å². The van der Waals surface area contributed by atoms with Crippen LogP contribution in [0.2, 0.25) is 0 Å². The number of ether oxygens (including phenoxy) is 4. The van der Waals surface area contributed by atoms with E-state index in [1.54, 1.807) is 49.6 Å². The first-order valence-electron chi connectivity index (χ1n) is 11.5. The lowest BCUT2D eigenvalue weighted by atomic mass is 10.1. The van der Waals surface area contributed by atoms with E-state index in [2.05, 4.69) is 10.5 Å². The van der Waals surface area contributed by atoms with Gasteiger partial charge in [-0.05, 0) is 66.1 Å². The van der Waals surface area contributed by atoms with E-state index < -0.39 is 0 Å². The van der Waals surface area contributed by atoms with Gasteiger partial charge in [-0.2, -0.15) is 5.10 Å². The molecule has 0 spiro atoms. The summed E-state index contributed by atoms with van der Waals surface area (Å²) in [4.78, 5) is 24.0. The van der Waals surface area contributed by atoms with Crippen molar-refractivity contribution in [3.63, 3.8) is 0 Å². The number of hydrazone groups is 1. The number of methoxy groups -OCH3 is 1. The Kier molecular flexibility index (Phi) is 9.88. The number of carbonyl (C=O) groups is 2. The van der Waals surface area contributed by atoms with Crippen molar-refractivity contribution in [2.75, 3.05) is 20.3 Å². The average Bonchev–Trinajstić information content (AvgIpc) is 2.90. The highest BCUT2D eigenvalue weighted by molar-refractivity contribution is 5.89. The number of rotatable bonds is 12. The first-order valence-corrected chi connectivity index (χ1v) is 11.5. The summed E-state index contributed by atoms with van der Waals surface area (Å²) >= 11 is 0. The average molecular weight is 491 g/mol. The highest BCUT2D eigenvalue weighted by atomic mass is 16.5. The van der Waals surface area contributed by atoms with Crippen LogP contribution in [0, 0.1) is 5.92 Å². The second-order valence-electron chi connectivity index (χ2n) is 8.27. The quantitative estimate of drug-likeness (QED) is 0.226. The Morgan fingerprint density at radius 2 is 1.67 bits per heavy atom. The van der Waals surface area contributed by atoms with Gasteiger partial charge in [-0.15, -0.1) is 0 Å². The van der Waals surface area contributed by atoms with Gasteiger partial charge in [0.2, 0.25) is 0 Å². The Hall–Kier alpha value is -4.33. The van der Waals surface area contributed by atoms with Crippen LogP contribution in [0.1, 0.15) is 35.3 Å². The van der Waals surface area contributed by atoms with Gasteiger partial charge in [-0.1, -0.05) is 32.0 Å². The first-order chi connectivity index (χ1) is 17.4. The summed E-state index contributed by atoms with van der Waals surface area (Å²) in [6, 6.07) is 21.3. The molecule has 3 aromatic rings. The second-order valence-corrected chi connectivity index (χ2v) is 8.27. The van der Waals surface area contributed by atoms with Crippen LogP contribution in [0.25, 0.3) is 0 Å². The number of amides is 1. The summed E-state index contributed by atoms with van der Waals surface area (Å²) in [6.45, 7) is 4.44. The smallest absolute Gasteiger partial charge is 0.338 e. The van der Waals surface area contributed by atoms with Crippen molar-refractivity contribution in [1.29, 1.82) is 0 Å². The maximum Gasteiger partial charge on any atom is 0.338 e. The molecule has 3 rings (SSSR count). The van der Waals surface area contributed by atoms with E-state index in [1.807, 2.05) is 44.2 Å². The maximum absolute atomic E-state index is 12.1. The summed E-state index contributed by atoms with van der Waals surface area (Å²) < 4.78 is 21.9. The van der Waals surface area contributed by atoms with Gasteiger partial charge in [0.05, 0.1) is 25.5 Å². The van der Waals surface area contributed by atoms with Gasteiger partial charge in [-0.25, -0.2) is 10.2 Å². The molecule has 0 aliphatic rings. The van der Waals surface area contributed by atoms with Crippen molar-refractivity contribution in [2.24, 2.45) is 11.0 Å². The molecule has 0 saturated carbocycles. The van der Waals surface area contributed by atoms with Gasteiger partial charge in [0.15, 0.2) is 6.61 Å². The molecule has 0 radical (unpaired) electrons. The zero-order valence-electron chi connectivity index (χ0n) is 20.6. The summed E-state index contributed by atoms with van der Waals surface area (Å²) in [7, 11) is 1.58. The molecule has 0 atom stereocenters. The van der Waals surface area contributed by atoms with Crippen LogP contribution in [0.15, 0.2) is 77.9 Å². The Labute approximate surface area is 210 Å². The molecule has 0 heterocycles. The molecule has 0 aliphatic heterocycles. The minimum absolute atomic E-state index is 0.142. The standard InChI is InChI=1S/C28H30N2O6/c1-20(2)17-36-28(32)22-10-12-25(13-11-22)34-18-23-15-21(9-14-26(23)33-3)16-29-30-27(31)19-35-24-7-5-4-6-8-24/h4-16,20H,17-19H2,1-3H3,(H,30,31). The van der Waals surface area contributed by atoms with Crippen molar-refractivity contribution in [1.82, 2.24) is 5.43 Å². The minimum Gasteiger partial charge on any atom is -0.496 e. The van der Waals surface area contributed by atoms with E-state index in [-0.39, 0.29) is 31.0 Å². The molecule has 0 aliphatic carbocycles. The zero-order chi connectivity index (χ0) is 25.8. The fourth-order valence-electron chi connectivity index (χ4n) is 3.04. The van der Waals surface area contributed by atoms with Crippen LogP contribution in [0.5, 0.6) is 17.2 Å². The second kappa shape index (κ2) is 13.5. The van der Waals surface area contributed by atoms with E-state index in [1.165, 1.54) is 6.21 Å². The molecule has 0 aromatic heterocycles. The fraction of sp³-hybridized carbons (Fsp3) is 0.250. The minimum atomic E-state index is -0.372. The number of esters is 1.